The summed E-state index contributed by atoms with van der Waals surface area (Å²) in [7, 11) is -0.602. The van der Waals surface area contributed by atoms with Crippen molar-refractivity contribution in [3.63, 3.8) is 0 Å². The van der Waals surface area contributed by atoms with Gasteiger partial charge in [-0.1, -0.05) is 0 Å². The van der Waals surface area contributed by atoms with Gasteiger partial charge in [0, 0.05) is 38.8 Å². The molecule has 3 heterocycles. The van der Waals surface area contributed by atoms with Crippen LogP contribution >= 0.6 is 0 Å². The number of furan rings is 1. The van der Waals surface area contributed by atoms with Crippen LogP contribution in [0, 0.1) is 0 Å². The molecule has 0 atom stereocenters. The number of H-pyrrole nitrogens is 1. The van der Waals surface area contributed by atoms with Gasteiger partial charge in [-0.3, -0.25) is 19.4 Å². The second-order valence-electron chi connectivity index (χ2n) is 7.37. The maximum absolute atomic E-state index is 12.7. The molecule has 3 aromatic rings. The quantitative estimate of drug-likeness (QED) is 0.414. The summed E-state index contributed by atoms with van der Waals surface area (Å²) in [5.41, 5.74) is -0.283. The van der Waals surface area contributed by atoms with E-state index < -0.39 is 21.3 Å². The fourth-order valence-electron chi connectivity index (χ4n) is 3.23. The second-order valence-corrected chi connectivity index (χ2v) is 9.31. The molecular weight excluding hydrogens is 450 g/mol. The molecule has 1 fully saturated rings. The van der Waals surface area contributed by atoms with Gasteiger partial charge in [-0.05, 0) is 36.4 Å². The minimum atomic E-state index is -3.56. The van der Waals surface area contributed by atoms with E-state index in [-0.39, 0.29) is 10.7 Å². The number of aromatic amines is 1. The fraction of sp³-hybridized carbons (Fsp3) is 0.286. The molecule has 11 nitrogen and oxygen atoms in total. The summed E-state index contributed by atoms with van der Waals surface area (Å²) >= 11 is 0. The van der Waals surface area contributed by atoms with E-state index in [2.05, 4.69) is 10.1 Å². The molecule has 0 amide bonds. The van der Waals surface area contributed by atoms with Gasteiger partial charge in [-0.15, -0.1) is 0 Å². The molecule has 0 unspecified atom stereocenters. The first-order valence-corrected chi connectivity index (χ1v) is 11.6. The Bertz CT molecular complexity index is 1350. The number of morpholine rings is 1. The summed E-state index contributed by atoms with van der Waals surface area (Å²) in [4.78, 5) is 26.3. The number of ether oxygens (including phenoxy) is 1. The minimum absolute atomic E-state index is 0.214. The lowest BCUT2D eigenvalue weighted by Gasteiger charge is -2.26. The van der Waals surface area contributed by atoms with E-state index in [1.54, 1.807) is 43.4 Å². The van der Waals surface area contributed by atoms with Crippen molar-refractivity contribution in [2.24, 2.45) is 12.1 Å². The van der Waals surface area contributed by atoms with Crippen molar-refractivity contribution in [1.82, 2.24) is 13.9 Å². The Hall–Kier alpha value is -3.48. The number of anilines is 1. The predicted molar refractivity (Wildman–Crippen MR) is 122 cm³/mol. The van der Waals surface area contributed by atoms with Crippen LogP contribution in [0.2, 0.25) is 0 Å². The number of rotatable bonds is 6. The Balaban J connectivity index is 1.48. The maximum atomic E-state index is 12.7. The molecule has 1 N–H and O–H groups in total. The zero-order valence-corrected chi connectivity index (χ0v) is 18.9. The molecule has 33 heavy (non-hydrogen) atoms. The van der Waals surface area contributed by atoms with Crippen LogP contribution < -0.4 is 16.3 Å². The lowest BCUT2D eigenvalue weighted by atomic mass is 10.2. The number of nitrogens with one attached hydrogen (secondary N) is 1. The molecule has 4 rings (SSSR count). The van der Waals surface area contributed by atoms with Gasteiger partial charge >= 0.3 is 5.69 Å². The minimum Gasteiger partial charge on any atom is -0.455 e. The highest BCUT2D eigenvalue weighted by Crippen LogP contribution is 2.25. The van der Waals surface area contributed by atoms with Crippen molar-refractivity contribution in [3.05, 3.63) is 69.1 Å². The van der Waals surface area contributed by atoms with Crippen LogP contribution in [0.5, 0.6) is 0 Å². The van der Waals surface area contributed by atoms with Crippen molar-refractivity contribution < 1.29 is 17.6 Å². The molecule has 2 aromatic heterocycles. The molecule has 0 bridgehead atoms. The molecule has 12 heteroatoms. The van der Waals surface area contributed by atoms with E-state index in [4.69, 9.17) is 9.15 Å². The number of benzene rings is 1. The van der Waals surface area contributed by atoms with Gasteiger partial charge in [-0.25, -0.2) is 13.2 Å². The third kappa shape index (κ3) is 4.82. The number of sulfonamides is 1. The standard InChI is InChI=1S/C21H23N5O6S/c1-24-20(27)13-19(23-21(24)28)25(2)22-14-16-5-8-18(32-16)15-3-6-17(7-4-15)33(29,30)26-9-11-31-12-10-26/h3-8,13-14H,9-12H2,1-2H3,(H,23,28)/b22-14+. The van der Waals surface area contributed by atoms with Crippen LogP contribution in [-0.4, -0.2) is 61.8 Å². The van der Waals surface area contributed by atoms with Gasteiger partial charge in [0.25, 0.3) is 5.56 Å². The Labute approximate surface area is 189 Å². The summed E-state index contributed by atoms with van der Waals surface area (Å²) in [6, 6.07) is 11.2. The van der Waals surface area contributed by atoms with E-state index >= 15 is 0 Å². The largest absolute Gasteiger partial charge is 0.455 e. The zero-order chi connectivity index (χ0) is 23.6. The van der Waals surface area contributed by atoms with Crippen LogP contribution in [0.4, 0.5) is 5.82 Å². The van der Waals surface area contributed by atoms with Crippen molar-refractivity contribution in [3.8, 4) is 11.3 Å². The van der Waals surface area contributed by atoms with Crippen LogP contribution in [0.25, 0.3) is 11.3 Å². The van der Waals surface area contributed by atoms with Gasteiger partial charge < -0.3 is 9.15 Å². The van der Waals surface area contributed by atoms with E-state index in [9.17, 15) is 18.0 Å². The first kappa shape index (κ1) is 22.7. The highest BCUT2D eigenvalue weighted by Gasteiger charge is 2.26. The van der Waals surface area contributed by atoms with Crippen molar-refractivity contribution in [1.29, 1.82) is 0 Å². The van der Waals surface area contributed by atoms with Gasteiger partial charge in [0.05, 0.1) is 24.3 Å². The number of hydrogen-bond donors (Lipinski definition) is 1. The molecule has 1 saturated heterocycles. The van der Waals surface area contributed by atoms with E-state index in [0.717, 1.165) is 4.57 Å². The molecule has 0 spiro atoms. The molecule has 174 valence electrons. The highest BCUT2D eigenvalue weighted by molar-refractivity contribution is 7.89. The lowest BCUT2D eigenvalue weighted by Crippen LogP contribution is -2.40. The fourth-order valence-corrected chi connectivity index (χ4v) is 4.64. The lowest BCUT2D eigenvalue weighted by molar-refractivity contribution is 0.0730. The molecule has 0 saturated carbocycles. The molecular formula is C21H23N5O6S. The maximum Gasteiger partial charge on any atom is 0.329 e. The predicted octanol–water partition coefficient (Wildman–Crippen LogP) is 0.825. The number of nitrogens with zero attached hydrogens (tertiary/aromatic N) is 4. The van der Waals surface area contributed by atoms with Crippen LogP contribution in [0.1, 0.15) is 5.76 Å². The first-order chi connectivity index (χ1) is 15.8. The van der Waals surface area contributed by atoms with Crippen LogP contribution in [0.3, 0.4) is 0 Å². The average Bonchev–Trinajstić information content (AvgIpc) is 3.30. The third-order valence-corrected chi connectivity index (χ3v) is 7.12. The number of aromatic nitrogens is 2. The Morgan fingerprint density at radius 2 is 1.79 bits per heavy atom. The molecule has 1 aromatic carbocycles. The Kier molecular flexibility index (Phi) is 6.31. The van der Waals surface area contributed by atoms with Crippen molar-refractivity contribution in [2.75, 3.05) is 38.4 Å². The second kappa shape index (κ2) is 9.17. The Morgan fingerprint density at radius 3 is 2.45 bits per heavy atom. The average molecular weight is 474 g/mol. The van der Waals surface area contributed by atoms with Gasteiger partial charge in [0.1, 0.15) is 17.3 Å². The van der Waals surface area contributed by atoms with Crippen LogP contribution in [0.15, 0.2) is 66.5 Å². The van der Waals surface area contributed by atoms with E-state index in [1.807, 2.05) is 0 Å². The van der Waals surface area contributed by atoms with Gasteiger partial charge in [0.15, 0.2) is 0 Å². The SMILES string of the molecule is CN(/N=C/c1ccc(-c2ccc(S(=O)(=O)N3CCOCC3)cc2)o1)c1cc(=O)n(C)c(=O)[nH]1. The Morgan fingerprint density at radius 1 is 1.09 bits per heavy atom. The molecule has 1 aliphatic rings. The summed E-state index contributed by atoms with van der Waals surface area (Å²) in [5, 5.41) is 5.53. The molecule has 1 aliphatic heterocycles. The smallest absolute Gasteiger partial charge is 0.329 e. The van der Waals surface area contributed by atoms with Crippen LogP contribution in [-0.2, 0) is 21.8 Å². The third-order valence-electron chi connectivity index (χ3n) is 5.21. The summed E-state index contributed by atoms with van der Waals surface area (Å²) < 4.78 is 38.9. The highest BCUT2D eigenvalue weighted by atomic mass is 32.2. The van der Waals surface area contributed by atoms with E-state index in [0.29, 0.717) is 43.4 Å². The normalized spacial score (nSPS) is 15.2. The summed E-state index contributed by atoms with van der Waals surface area (Å²) in [6.45, 7) is 1.45. The summed E-state index contributed by atoms with van der Waals surface area (Å²) in [5.74, 6) is 1.22. The number of hydrazone groups is 1. The summed E-state index contributed by atoms with van der Waals surface area (Å²) in [6.07, 6.45) is 1.44. The number of hydrogen-bond acceptors (Lipinski definition) is 8. The van der Waals surface area contributed by atoms with Gasteiger partial charge in [-0.2, -0.15) is 9.41 Å². The zero-order valence-electron chi connectivity index (χ0n) is 18.1. The van der Waals surface area contributed by atoms with Crippen molar-refractivity contribution in [2.45, 2.75) is 4.90 Å². The van der Waals surface area contributed by atoms with E-state index in [1.165, 1.54) is 28.6 Å². The molecule has 0 radical (unpaired) electrons. The first-order valence-electron chi connectivity index (χ1n) is 10.1. The molecule has 0 aliphatic carbocycles. The monoisotopic (exact) mass is 473 g/mol. The van der Waals surface area contributed by atoms with Gasteiger partial charge in [0.2, 0.25) is 10.0 Å². The topological polar surface area (TPSA) is 130 Å². The van der Waals surface area contributed by atoms with Crippen molar-refractivity contribution >= 4 is 22.1 Å².